The van der Waals surface area contributed by atoms with Gasteiger partial charge in [0.05, 0.1) is 5.69 Å². The average molecular weight is 345 g/mol. The molecule has 3 rings (SSSR count). The van der Waals surface area contributed by atoms with Crippen molar-refractivity contribution < 1.29 is 18.3 Å². The van der Waals surface area contributed by atoms with E-state index in [9.17, 15) is 13.6 Å². The van der Waals surface area contributed by atoms with E-state index in [2.05, 4.69) is 20.5 Å². The summed E-state index contributed by atoms with van der Waals surface area (Å²) in [4.78, 5) is 16.2. The Morgan fingerprint density at radius 1 is 1.16 bits per heavy atom. The Balaban J connectivity index is 1.75. The maximum atomic E-state index is 12.3. The monoisotopic (exact) mass is 345 g/mol. The van der Waals surface area contributed by atoms with Crippen LogP contribution in [0.2, 0.25) is 0 Å². The number of pyridine rings is 1. The van der Waals surface area contributed by atoms with E-state index in [4.69, 9.17) is 4.74 Å². The summed E-state index contributed by atoms with van der Waals surface area (Å²) in [5, 5.41) is 10.2. The third-order valence-corrected chi connectivity index (χ3v) is 3.12. The molecule has 128 valence electrons. The number of benzene rings is 1. The highest BCUT2D eigenvalue weighted by Gasteiger charge is 2.14. The fourth-order valence-electron chi connectivity index (χ4n) is 2.03. The second kappa shape index (κ2) is 7.47. The Morgan fingerprint density at radius 2 is 1.96 bits per heavy atom. The molecule has 0 aliphatic carbocycles. The summed E-state index contributed by atoms with van der Waals surface area (Å²) < 4.78 is 30.8. The van der Waals surface area contributed by atoms with Gasteiger partial charge >= 0.3 is 0 Å². The van der Waals surface area contributed by atoms with Gasteiger partial charge < -0.3 is 4.74 Å². The molecule has 0 saturated carbocycles. The third kappa shape index (κ3) is 4.14. The summed E-state index contributed by atoms with van der Waals surface area (Å²) in [5.74, 6) is -0.415. The van der Waals surface area contributed by atoms with Gasteiger partial charge in [0, 0.05) is 6.07 Å². The fraction of sp³-hybridized carbons (Fsp3) is 0.125. The number of ether oxygens (including phenoxy) is 1. The minimum Gasteiger partial charge on any atom is -0.472 e. The quantitative estimate of drug-likeness (QED) is 0.742. The molecular formula is C16H13F2N5O2. The van der Waals surface area contributed by atoms with Crippen LogP contribution in [0.1, 0.15) is 10.5 Å². The number of rotatable bonds is 6. The standard InChI is InChI=1S/C16H13F2N5O2/c17-13(18)9-25-14-8-4-7-12(20-14)15(24)21-16-22-19-10-23(16)11-5-2-1-3-6-11/h1-8,10,13H,9H2,(H,21,22,24). The Bertz CT molecular complexity index is 854. The van der Waals surface area contributed by atoms with E-state index >= 15 is 0 Å². The molecule has 2 aromatic heterocycles. The van der Waals surface area contributed by atoms with Gasteiger partial charge in [0.15, 0.2) is 6.61 Å². The van der Waals surface area contributed by atoms with Gasteiger partial charge in [0.25, 0.3) is 12.3 Å². The van der Waals surface area contributed by atoms with E-state index in [1.807, 2.05) is 30.3 Å². The van der Waals surface area contributed by atoms with Crippen LogP contribution in [0.25, 0.3) is 5.69 Å². The van der Waals surface area contributed by atoms with E-state index in [0.717, 1.165) is 5.69 Å². The van der Waals surface area contributed by atoms with Gasteiger partial charge in [-0.25, -0.2) is 13.8 Å². The molecule has 0 bridgehead atoms. The zero-order chi connectivity index (χ0) is 17.6. The molecule has 0 saturated heterocycles. The van der Waals surface area contributed by atoms with Crippen LogP contribution in [0, 0.1) is 0 Å². The van der Waals surface area contributed by atoms with Crippen molar-refractivity contribution in [1.29, 1.82) is 0 Å². The highest BCUT2D eigenvalue weighted by atomic mass is 19.3. The third-order valence-electron chi connectivity index (χ3n) is 3.12. The summed E-state index contributed by atoms with van der Waals surface area (Å²) in [5.41, 5.74) is 0.777. The minimum atomic E-state index is -2.62. The first-order valence-electron chi connectivity index (χ1n) is 7.28. The number of alkyl halides is 2. The SMILES string of the molecule is O=C(Nc1nncn1-c1ccccc1)c1cccc(OCC(F)F)n1. The first-order valence-corrected chi connectivity index (χ1v) is 7.28. The molecule has 1 aromatic carbocycles. The first kappa shape index (κ1) is 16.5. The highest BCUT2D eigenvalue weighted by Crippen LogP contribution is 2.14. The predicted molar refractivity (Wildman–Crippen MR) is 85.0 cm³/mol. The fourth-order valence-corrected chi connectivity index (χ4v) is 2.03. The number of nitrogens with one attached hydrogen (secondary N) is 1. The van der Waals surface area contributed by atoms with Gasteiger partial charge in [0.1, 0.15) is 12.0 Å². The van der Waals surface area contributed by atoms with Crippen LogP contribution in [-0.4, -0.2) is 38.7 Å². The average Bonchev–Trinajstić information content (AvgIpc) is 3.09. The van der Waals surface area contributed by atoms with E-state index < -0.39 is 18.9 Å². The Kier molecular flexibility index (Phi) is 4.93. The van der Waals surface area contributed by atoms with Gasteiger partial charge in [-0.15, -0.1) is 10.2 Å². The predicted octanol–water partition coefficient (Wildman–Crippen LogP) is 2.56. The highest BCUT2D eigenvalue weighted by molar-refractivity contribution is 6.02. The minimum absolute atomic E-state index is 0.00868. The molecular weight excluding hydrogens is 332 g/mol. The van der Waals surface area contributed by atoms with Crippen molar-refractivity contribution >= 4 is 11.9 Å². The van der Waals surface area contributed by atoms with Crippen molar-refractivity contribution in [1.82, 2.24) is 19.7 Å². The molecule has 0 aliphatic heterocycles. The van der Waals surface area contributed by atoms with Crippen molar-refractivity contribution in [2.24, 2.45) is 0 Å². The van der Waals surface area contributed by atoms with Gasteiger partial charge in [-0.05, 0) is 18.2 Å². The second-order valence-corrected chi connectivity index (χ2v) is 4.88. The smallest absolute Gasteiger partial charge is 0.276 e. The Hall–Kier alpha value is -3.36. The van der Waals surface area contributed by atoms with Crippen LogP contribution in [0.4, 0.5) is 14.7 Å². The van der Waals surface area contributed by atoms with Gasteiger partial charge in [0.2, 0.25) is 11.8 Å². The summed E-state index contributed by atoms with van der Waals surface area (Å²) in [6, 6.07) is 13.5. The lowest BCUT2D eigenvalue weighted by Gasteiger charge is -2.08. The lowest BCUT2D eigenvalue weighted by molar-refractivity contribution is 0.0794. The number of para-hydroxylation sites is 1. The van der Waals surface area contributed by atoms with E-state index in [-0.39, 0.29) is 17.5 Å². The van der Waals surface area contributed by atoms with Crippen LogP contribution in [0.3, 0.4) is 0 Å². The molecule has 0 aliphatic rings. The summed E-state index contributed by atoms with van der Waals surface area (Å²) in [6.45, 7) is -0.791. The first-order chi connectivity index (χ1) is 12.1. The lowest BCUT2D eigenvalue weighted by atomic mass is 10.3. The molecule has 0 unspecified atom stereocenters. The Morgan fingerprint density at radius 3 is 2.72 bits per heavy atom. The zero-order valence-electron chi connectivity index (χ0n) is 12.8. The second-order valence-electron chi connectivity index (χ2n) is 4.88. The summed E-state index contributed by atoms with van der Waals surface area (Å²) >= 11 is 0. The van der Waals surface area contributed by atoms with E-state index in [0.29, 0.717) is 0 Å². The van der Waals surface area contributed by atoms with Crippen LogP contribution < -0.4 is 10.1 Å². The van der Waals surface area contributed by atoms with E-state index in [1.54, 1.807) is 4.57 Å². The number of anilines is 1. The molecule has 1 amide bonds. The van der Waals surface area contributed by atoms with Crippen molar-refractivity contribution in [3.05, 3.63) is 60.6 Å². The summed E-state index contributed by atoms with van der Waals surface area (Å²) in [7, 11) is 0. The molecule has 2 heterocycles. The number of carbonyl (C=O) groups is 1. The number of nitrogens with zero attached hydrogens (tertiary/aromatic N) is 4. The maximum absolute atomic E-state index is 12.3. The maximum Gasteiger partial charge on any atom is 0.276 e. The van der Waals surface area contributed by atoms with Gasteiger partial charge in [-0.3, -0.25) is 14.7 Å². The van der Waals surface area contributed by atoms with Gasteiger partial charge in [-0.1, -0.05) is 24.3 Å². The molecule has 0 atom stereocenters. The normalized spacial score (nSPS) is 10.7. The number of carbonyl (C=O) groups excluding carboxylic acids is 1. The molecule has 7 nitrogen and oxygen atoms in total. The topological polar surface area (TPSA) is 81.9 Å². The molecule has 25 heavy (non-hydrogen) atoms. The van der Waals surface area contributed by atoms with Crippen molar-refractivity contribution in [3.8, 4) is 11.6 Å². The molecule has 3 aromatic rings. The molecule has 1 N–H and O–H groups in total. The van der Waals surface area contributed by atoms with E-state index in [1.165, 1.54) is 24.5 Å². The van der Waals surface area contributed by atoms with Crippen LogP contribution in [-0.2, 0) is 0 Å². The number of hydrogen-bond donors (Lipinski definition) is 1. The molecule has 0 spiro atoms. The lowest BCUT2D eigenvalue weighted by Crippen LogP contribution is -2.17. The summed E-state index contributed by atoms with van der Waals surface area (Å²) in [6.07, 6.45) is -1.16. The van der Waals surface area contributed by atoms with Crippen LogP contribution in [0.5, 0.6) is 5.88 Å². The number of halogens is 2. The molecule has 9 heteroatoms. The zero-order valence-corrected chi connectivity index (χ0v) is 12.8. The largest absolute Gasteiger partial charge is 0.472 e. The Labute approximate surface area is 141 Å². The number of amides is 1. The van der Waals surface area contributed by atoms with Crippen LogP contribution >= 0.6 is 0 Å². The number of aromatic nitrogens is 4. The van der Waals surface area contributed by atoms with Crippen LogP contribution in [0.15, 0.2) is 54.9 Å². The van der Waals surface area contributed by atoms with Crippen molar-refractivity contribution in [2.75, 3.05) is 11.9 Å². The van der Waals surface area contributed by atoms with Crippen molar-refractivity contribution in [2.45, 2.75) is 6.43 Å². The molecule has 0 fully saturated rings. The molecule has 0 radical (unpaired) electrons. The van der Waals surface area contributed by atoms with Gasteiger partial charge in [-0.2, -0.15) is 0 Å². The number of hydrogen-bond acceptors (Lipinski definition) is 5. The van der Waals surface area contributed by atoms with Crippen molar-refractivity contribution in [3.63, 3.8) is 0 Å².